The third-order valence-electron chi connectivity index (χ3n) is 2.17. The molecule has 0 saturated carbocycles. The van der Waals surface area contributed by atoms with Crippen LogP contribution in [0.2, 0.25) is 5.02 Å². The smallest absolute Gasteiger partial charge is 0.129 e. The Hall–Kier alpha value is -0.600. The molecule has 1 aliphatic rings. The van der Waals surface area contributed by atoms with Gasteiger partial charge in [-0.2, -0.15) is 0 Å². The third-order valence-corrected chi connectivity index (χ3v) is 2.50. The van der Waals surface area contributed by atoms with Crippen LogP contribution >= 0.6 is 11.6 Å². The van der Waals surface area contributed by atoms with Crippen molar-refractivity contribution >= 4 is 11.6 Å². The van der Waals surface area contributed by atoms with Gasteiger partial charge in [0, 0.05) is 16.6 Å². The number of nitrogens with one attached hydrogen (secondary N) is 1. The van der Waals surface area contributed by atoms with Crippen molar-refractivity contribution in [1.29, 1.82) is 0 Å². The second kappa shape index (κ2) is 3.04. The summed E-state index contributed by atoms with van der Waals surface area (Å²) in [6.45, 7) is 0.954. The van der Waals surface area contributed by atoms with E-state index in [1.54, 1.807) is 12.1 Å². The molecule has 1 nitrogen and oxygen atoms in total. The van der Waals surface area contributed by atoms with Crippen LogP contribution in [0.5, 0.6) is 0 Å². The summed E-state index contributed by atoms with van der Waals surface area (Å²) in [5, 5.41) is 3.64. The lowest BCUT2D eigenvalue weighted by Gasteiger charge is -2.28. The van der Waals surface area contributed by atoms with E-state index in [9.17, 15) is 4.39 Å². The topological polar surface area (TPSA) is 12.0 Å². The van der Waals surface area contributed by atoms with Crippen molar-refractivity contribution in [1.82, 2.24) is 5.32 Å². The van der Waals surface area contributed by atoms with Crippen LogP contribution in [0.15, 0.2) is 18.2 Å². The van der Waals surface area contributed by atoms with Gasteiger partial charge in [-0.3, -0.25) is 0 Å². The predicted octanol–water partition coefficient (Wildman–Crippen LogP) is 2.51. The number of benzene rings is 1. The Labute approximate surface area is 75.5 Å². The van der Waals surface area contributed by atoms with E-state index in [0.29, 0.717) is 10.6 Å². The number of hydrogen-bond acceptors (Lipinski definition) is 1. The number of rotatable bonds is 1. The van der Waals surface area contributed by atoms with E-state index in [1.807, 2.05) is 0 Å². The van der Waals surface area contributed by atoms with Crippen molar-refractivity contribution in [3.63, 3.8) is 0 Å². The molecule has 0 aliphatic carbocycles. The standard InChI is InChI=1S/C9H9ClFN/c10-6-2-1-3-7(11)9(6)8-4-5-12-8/h1-3,8,12H,4-5H2/t8-/m0/s1. The lowest BCUT2D eigenvalue weighted by molar-refractivity contribution is 0.370. The maximum atomic E-state index is 13.2. The van der Waals surface area contributed by atoms with Gasteiger partial charge in [0.05, 0.1) is 0 Å². The molecule has 1 fully saturated rings. The first-order valence-electron chi connectivity index (χ1n) is 3.96. The first-order valence-corrected chi connectivity index (χ1v) is 4.34. The van der Waals surface area contributed by atoms with Crippen LogP contribution in [-0.4, -0.2) is 6.54 Å². The minimum atomic E-state index is -0.209. The summed E-state index contributed by atoms with van der Waals surface area (Å²) in [4.78, 5) is 0. The Morgan fingerprint density at radius 2 is 2.25 bits per heavy atom. The first-order chi connectivity index (χ1) is 5.79. The molecule has 3 heteroatoms. The average Bonchev–Trinajstić information content (AvgIpc) is 1.93. The highest BCUT2D eigenvalue weighted by molar-refractivity contribution is 6.31. The molecule has 1 aromatic carbocycles. The van der Waals surface area contributed by atoms with Crippen LogP contribution < -0.4 is 5.32 Å². The Bertz CT molecular complexity index is 276. The highest BCUT2D eigenvalue weighted by Crippen LogP contribution is 2.31. The van der Waals surface area contributed by atoms with Gasteiger partial charge in [0.25, 0.3) is 0 Å². The molecule has 1 atom stereocenters. The Kier molecular flexibility index (Phi) is 2.03. The monoisotopic (exact) mass is 185 g/mol. The van der Waals surface area contributed by atoms with Crippen molar-refractivity contribution in [2.45, 2.75) is 12.5 Å². The van der Waals surface area contributed by atoms with Crippen LogP contribution in [0.1, 0.15) is 18.0 Å². The largest absolute Gasteiger partial charge is 0.310 e. The van der Waals surface area contributed by atoms with Crippen molar-refractivity contribution in [3.05, 3.63) is 34.6 Å². The lowest BCUT2D eigenvalue weighted by atomic mass is 9.97. The van der Waals surface area contributed by atoms with Gasteiger partial charge in [-0.25, -0.2) is 4.39 Å². The zero-order chi connectivity index (χ0) is 8.55. The summed E-state index contributed by atoms with van der Waals surface area (Å²) in [5.74, 6) is -0.209. The third kappa shape index (κ3) is 1.21. The molecular formula is C9H9ClFN. The molecule has 0 aromatic heterocycles. The van der Waals surface area contributed by atoms with Gasteiger partial charge >= 0.3 is 0 Å². The van der Waals surface area contributed by atoms with Gasteiger partial charge in [0.1, 0.15) is 5.82 Å². The molecule has 0 amide bonds. The number of hydrogen-bond donors (Lipinski definition) is 1. The normalized spacial score (nSPS) is 22.0. The minimum absolute atomic E-state index is 0.124. The summed E-state index contributed by atoms with van der Waals surface area (Å²) in [6, 6.07) is 4.92. The van der Waals surface area contributed by atoms with Crippen molar-refractivity contribution < 1.29 is 4.39 Å². The number of halogens is 2. The molecule has 0 spiro atoms. The van der Waals surface area contributed by atoms with Crippen molar-refractivity contribution in [3.8, 4) is 0 Å². The maximum absolute atomic E-state index is 13.2. The Morgan fingerprint density at radius 3 is 2.75 bits per heavy atom. The highest BCUT2D eigenvalue weighted by Gasteiger charge is 2.23. The van der Waals surface area contributed by atoms with Crippen LogP contribution in [-0.2, 0) is 0 Å². The van der Waals surface area contributed by atoms with E-state index in [1.165, 1.54) is 6.07 Å². The fourth-order valence-electron chi connectivity index (χ4n) is 1.38. The zero-order valence-corrected chi connectivity index (χ0v) is 7.24. The highest BCUT2D eigenvalue weighted by atomic mass is 35.5. The fraction of sp³-hybridized carbons (Fsp3) is 0.333. The molecule has 12 heavy (non-hydrogen) atoms. The van der Waals surface area contributed by atoms with Gasteiger partial charge in [-0.15, -0.1) is 0 Å². The maximum Gasteiger partial charge on any atom is 0.129 e. The molecule has 1 N–H and O–H groups in total. The zero-order valence-electron chi connectivity index (χ0n) is 6.48. The molecule has 1 saturated heterocycles. The van der Waals surface area contributed by atoms with Crippen LogP contribution in [0.3, 0.4) is 0 Å². The van der Waals surface area contributed by atoms with Crippen molar-refractivity contribution in [2.24, 2.45) is 0 Å². The molecule has 1 aromatic rings. The van der Waals surface area contributed by atoms with Crippen LogP contribution in [0, 0.1) is 5.82 Å². The van der Waals surface area contributed by atoms with E-state index >= 15 is 0 Å². The van der Waals surface area contributed by atoms with Gasteiger partial charge in [0.2, 0.25) is 0 Å². The van der Waals surface area contributed by atoms with E-state index in [-0.39, 0.29) is 11.9 Å². The summed E-state index contributed by atoms with van der Waals surface area (Å²) in [5.41, 5.74) is 0.616. The lowest BCUT2D eigenvalue weighted by Crippen LogP contribution is -2.35. The molecule has 0 unspecified atom stereocenters. The quantitative estimate of drug-likeness (QED) is 0.709. The van der Waals surface area contributed by atoms with E-state index in [2.05, 4.69) is 5.32 Å². The summed E-state index contributed by atoms with van der Waals surface area (Å²) in [6.07, 6.45) is 0.973. The molecule has 0 radical (unpaired) electrons. The molecule has 1 aliphatic heterocycles. The molecule has 2 rings (SSSR count). The van der Waals surface area contributed by atoms with Gasteiger partial charge < -0.3 is 5.32 Å². The Morgan fingerprint density at radius 1 is 1.50 bits per heavy atom. The SMILES string of the molecule is Fc1cccc(Cl)c1[C@@H]1CCN1. The van der Waals surface area contributed by atoms with Gasteiger partial charge in [0.15, 0.2) is 0 Å². The van der Waals surface area contributed by atoms with Gasteiger partial charge in [-0.1, -0.05) is 17.7 Å². The molecular weight excluding hydrogens is 177 g/mol. The van der Waals surface area contributed by atoms with E-state index in [0.717, 1.165) is 13.0 Å². The summed E-state index contributed by atoms with van der Waals surface area (Å²) >= 11 is 5.86. The molecule has 1 heterocycles. The van der Waals surface area contributed by atoms with Crippen LogP contribution in [0.4, 0.5) is 4.39 Å². The van der Waals surface area contributed by atoms with Crippen molar-refractivity contribution in [2.75, 3.05) is 6.54 Å². The minimum Gasteiger partial charge on any atom is -0.310 e. The molecule has 0 bridgehead atoms. The van der Waals surface area contributed by atoms with Crippen LogP contribution in [0.25, 0.3) is 0 Å². The summed E-state index contributed by atoms with van der Waals surface area (Å²) < 4.78 is 13.2. The summed E-state index contributed by atoms with van der Waals surface area (Å²) in [7, 11) is 0. The predicted molar refractivity (Wildman–Crippen MR) is 46.8 cm³/mol. The van der Waals surface area contributed by atoms with E-state index in [4.69, 9.17) is 11.6 Å². The second-order valence-corrected chi connectivity index (χ2v) is 3.34. The van der Waals surface area contributed by atoms with E-state index < -0.39 is 0 Å². The van der Waals surface area contributed by atoms with Gasteiger partial charge in [-0.05, 0) is 25.1 Å². The molecule has 64 valence electrons. The Balaban J connectivity index is 2.39. The fourth-order valence-corrected chi connectivity index (χ4v) is 1.67. The second-order valence-electron chi connectivity index (χ2n) is 2.93. The first kappa shape index (κ1) is 8.02. The average molecular weight is 186 g/mol.